The second kappa shape index (κ2) is 8.54. The minimum absolute atomic E-state index is 0.114. The first kappa shape index (κ1) is 19.9. The van der Waals surface area contributed by atoms with E-state index < -0.39 is 0 Å². The molecule has 7 nitrogen and oxygen atoms in total. The molecular weight excluding hydrogens is 378 g/mol. The van der Waals surface area contributed by atoms with Crippen molar-refractivity contribution in [3.63, 3.8) is 0 Å². The highest BCUT2D eigenvalue weighted by molar-refractivity contribution is 5.96. The van der Waals surface area contributed by atoms with Crippen molar-refractivity contribution in [1.82, 2.24) is 20.0 Å². The number of aryl methyl sites for hydroxylation is 1. The van der Waals surface area contributed by atoms with Crippen LogP contribution in [0.5, 0.6) is 0 Å². The van der Waals surface area contributed by atoms with Gasteiger partial charge in [0.05, 0.1) is 12.5 Å². The van der Waals surface area contributed by atoms with Crippen LogP contribution in [0.2, 0.25) is 0 Å². The Morgan fingerprint density at radius 3 is 2.93 bits per heavy atom. The van der Waals surface area contributed by atoms with Gasteiger partial charge in [-0.2, -0.15) is 10.2 Å². The lowest BCUT2D eigenvalue weighted by Crippen LogP contribution is -2.30. The van der Waals surface area contributed by atoms with E-state index in [1.165, 1.54) is 6.08 Å². The molecule has 1 saturated carbocycles. The van der Waals surface area contributed by atoms with Gasteiger partial charge in [-0.3, -0.25) is 4.79 Å². The normalized spacial score (nSPS) is 15.0. The summed E-state index contributed by atoms with van der Waals surface area (Å²) in [4.78, 5) is 17.1. The molecule has 30 heavy (non-hydrogen) atoms. The Morgan fingerprint density at radius 2 is 2.20 bits per heavy atom. The third-order valence-electron chi connectivity index (χ3n) is 5.33. The first-order valence-electron chi connectivity index (χ1n) is 10.3. The van der Waals surface area contributed by atoms with Gasteiger partial charge in [-0.15, -0.1) is 0 Å². The number of carbonyl (C=O) groups is 1. The zero-order valence-electron chi connectivity index (χ0n) is 17.2. The van der Waals surface area contributed by atoms with E-state index in [1.807, 2.05) is 48.9 Å². The number of fused-ring (bicyclic) bond motifs is 1. The first-order chi connectivity index (χ1) is 14.6. The Balaban J connectivity index is 1.50. The van der Waals surface area contributed by atoms with Gasteiger partial charge in [-0.25, -0.2) is 0 Å². The average Bonchev–Trinajstić information content (AvgIpc) is 3.37. The van der Waals surface area contributed by atoms with Gasteiger partial charge in [0.25, 0.3) is 0 Å². The maximum absolute atomic E-state index is 12.6. The van der Waals surface area contributed by atoms with Crippen LogP contribution >= 0.6 is 0 Å². The first-order valence-corrected chi connectivity index (χ1v) is 10.3. The van der Waals surface area contributed by atoms with Crippen molar-refractivity contribution in [1.29, 1.82) is 5.26 Å². The Kier molecular flexibility index (Phi) is 5.66. The highest BCUT2D eigenvalue weighted by Gasteiger charge is 2.31. The Morgan fingerprint density at radius 1 is 1.40 bits per heavy atom. The van der Waals surface area contributed by atoms with E-state index in [9.17, 15) is 4.79 Å². The Labute approximate surface area is 175 Å². The zero-order valence-corrected chi connectivity index (χ0v) is 17.2. The molecule has 2 aromatic heterocycles. The van der Waals surface area contributed by atoms with Crippen molar-refractivity contribution in [3.8, 4) is 6.07 Å². The Bertz CT molecular complexity index is 1110. The topological polar surface area (TPSA) is 96.7 Å². The van der Waals surface area contributed by atoms with Crippen LogP contribution in [-0.4, -0.2) is 20.6 Å². The van der Waals surface area contributed by atoms with Crippen molar-refractivity contribution in [2.75, 3.05) is 0 Å². The van der Waals surface area contributed by atoms with Crippen molar-refractivity contribution in [2.45, 2.75) is 51.6 Å². The molecule has 1 aromatic carbocycles. The molecule has 154 valence electrons. The molecule has 1 amide bonds. The van der Waals surface area contributed by atoms with Gasteiger partial charge < -0.3 is 14.4 Å². The van der Waals surface area contributed by atoms with Crippen LogP contribution in [0.15, 0.2) is 41.1 Å². The molecule has 0 saturated heterocycles. The fourth-order valence-corrected chi connectivity index (χ4v) is 3.52. The molecule has 1 fully saturated rings. The number of nitriles is 1. The van der Waals surface area contributed by atoms with E-state index in [0.29, 0.717) is 24.8 Å². The summed E-state index contributed by atoms with van der Waals surface area (Å²) in [6, 6.07) is 9.82. The van der Waals surface area contributed by atoms with Crippen molar-refractivity contribution >= 4 is 22.9 Å². The molecule has 4 rings (SSSR count). The molecule has 2 heterocycles. The van der Waals surface area contributed by atoms with Crippen LogP contribution in [0.25, 0.3) is 17.0 Å². The van der Waals surface area contributed by atoms with E-state index in [1.54, 1.807) is 6.08 Å². The number of nitrogens with zero attached hydrogens (tertiary/aromatic N) is 4. The summed E-state index contributed by atoms with van der Waals surface area (Å²) in [5.74, 6) is 1.51. The summed E-state index contributed by atoms with van der Waals surface area (Å²) in [5.41, 5.74) is 1.99. The molecule has 3 aromatic rings. The quantitative estimate of drug-likeness (QED) is 0.564. The lowest BCUT2D eigenvalue weighted by molar-refractivity contribution is -0.117. The minimum Gasteiger partial charge on any atom is -0.346 e. The summed E-state index contributed by atoms with van der Waals surface area (Å²) < 4.78 is 7.47. The smallest absolute Gasteiger partial charge is 0.249 e. The van der Waals surface area contributed by atoms with Gasteiger partial charge in [0.1, 0.15) is 6.04 Å². The minimum atomic E-state index is -0.334. The predicted octanol–water partition coefficient (Wildman–Crippen LogP) is 4.34. The largest absolute Gasteiger partial charge is 0.346 e. The number of carbonyl (C=O) groups excluding carboxylic acids is 1. The van der Waals surface area contributed by atoms with Gasteiger partial charge >= 0.3 is 0 Å². The number of aromatic nitrogens is 3. The molecule has 1 unspecified atom stereocenters. The lowest BCUT2D eigenvalue weighted by atomic mass is 10.0. The van der Waals surface area contributed by atoms with Crippen LogP contribution in [0.3, 0.4) is 0 Å². The number of hydrogen-bond donors (Lipinski definition) is 1. The summed E-state index contributed by atoms with van der Waals surface area (Å²) >= 11 is 0. The molecular formula is C23H25N5O2. The molecule has 0 radical (unpaired) electrons. The number of para-hydroxylation sites is 1. The van der Waals surface area contributed by atoms with Crippen LogP contribution in [0.1, 0.15) is 62.3 Å². The predicted molar refractivity (Wildman–Crippen MR) is 113 cm³/mol. The van der Waals surface area contributed by atoms with Gasteiger partial charge in [-0.1, -0.05) is 37.2 Å². The third kappa shape index (κ3) is 4.28. The van der Waals surface area contributed by atoms with Crippen LogP contribution < -0.4 is 5.32 Å². The highest BCUT2D eigenvalue weighted by atomic mass is 16.5. The summed E-state index contributed by atoms with van der Waals surface area (Å²) in [5, 5.41) is 17.0. The number of nitrogens with one attached hydrogen (secondary N) is 1. The number of amides is 1. The summed E-state index contributed by atoms with van der Waals surface area (Å²) in [6.45, 7) is 4.64. The molecule has 1 atom stereocenters. The van der Waals surface area contributed by atoms with E-state index in [4.69, 9.17) is 9.78 Å². The standard InChI is InChI=1S/C23H25N5O2/c1-15(2)21(23-26-22(27-30-23)16-8-9-16)25-20(29)11-10-17-14-28(13-5-12-24)19-7-4-3-6-18(17)19/h3-4,6-7,10-11,14-16,21H,5,8-9,13H2,1-2H3,(H,25,29)/b11-10+. The fraction of sp³-hybridized carbons (Fsp3) is 0.391. The highest BCUT2D eigenvalue weighted by Crippen LogP contribution is 2.38. The fourth-order valence-electron chi connectivity index (χ4n) is 3.52. The van der Waals surface area contributed by atoms with Crippen LogP contribution in [0, 0.1) is 17.2 Å². The van der Waals surface area contributed by atoms with Crippen molar-refractivity contribution < 1.29 is 9.32 Å². The maximum Gasteiger partial charge on any atom is 0.249 e. The van der Waals surface area contributed by atoms with Gasteiger partial charge in [0.15, 0.2) is 5.82 Å². The summed E-state index contributed by atoms with van der Waals surface area (Å²) in [6.07, 6.45) is 7.95. The van der Waals surface area contributed by atoms with Crippen LogP contribution in [-0.2, 0) is 11.3 Å². The van der Waals surface area contributed by atoms with Gasteiger partial charge in [-0.05, 0) is 30.9 Å². The molecule has 0 spiro atoms. The molecule has 1 aliphatic rings. The number of rotatable bonds is 8. The van der Waals surface area contributed by atoms with E-state index in [-0.39, 0.29) is 17.9 Å². The average molecular weight is 403 g/mol. The molecule has 1 aliphatic carbocycles. The van der Waals surface area contributed by atoms with Crippen LogP contribution in [0.4, 0.5) is 0 Å². The second-order valence-electron chi connectivity index (χ2n) is 8.03. The molecule has 0 bridgehead atoms. The van der Waals surface area contributed by atoms with Crippen molar-refractivity contribution in [2.24, 2.45) is 5.92 Å². The van der Waals surface area contributed by atoms with E-state index in [2.05, 4.69) is 21.5 Å². The van der Waals surface area contributed by atoms with Gasteiger partial charge in [0.2, 0.25) is 11.8 Å². The number of hydrogen-bond acceptors (Lipinski definition) is 5. The molecule has 0 aliphatic heterocycles. The monoisotopic (exact) mass is 403 g/mol. The second-order valence-corrected chi connectivity index (χ2v) is 8.03. The third-order valence-corrected chi connectivity index (χ3v) is 5.33. The SMILES string of the molecule is CC(C)C(NC(=O)/C=C/c1cn(CCC#N)c2ccccc12)c1nc(C2CC2)no1. The molecule has 7 heteroatoms. The van der Waals surface area contributed by atoms with Gasteiger partial charge in [0, 0.05) is 41.2 Å². The van der Waals surface area contributed by atoms with Crippen molar-refractivity contribution in [3.05, 3.63) is 53.8 Å². The van der Waals surface area contributed by atoms with E-state index >= 15 is 0 Å². The van der Waals surface area contributed by atoms with E-state index in [0.717, 1.165) is 35.1 Å². The summed E-state index contributed by atoms with van der Waals surface area (Å²) in [7, 11) is 0. The Hall–Kier alpha value is -3.40. The lowest BCUT2D eigenvalue weighted by Gasteiger charge is -2.17. The maximum atomic E-state index is 12.6. The number of benzene rings is 1. The zero-order chi connectivity index (χ0) is 21.1. The molecule has 1 N–H and O–H groups in total.